The zero-order valence-corrected chi connectivity index (χ0v) is 17.4. The average molecular weight is 457 g/mol. The summed E-state index contributed by atoms with van der Waals surface area (Å²) in [5.74, 6) is 0.186. The zero-order chi connectivity index (χ0) is 22.3. The number of nitrogens with two attached hydrogens (primary N) is 2. The minimum absolute atomic E-state index is 0.0140. The SMILES string of the molecule is C[C@H](Nc1nc(N)nc(N)c1C#N)c1nc2c(Cl)ccc(Cl)c2c(=O)n1-c1cn[nH]c1. The molecule has 4 rings (SSSR count). The summed E-state index contributed by atoms with van der Waals surface area (Å²) in [6.07, 6.45) is 3.00. The largest absolute Gasteiger partial charge is 0.382 e. The molecule has 4 aromatic rings. The molecule has 0 fully saturated rings. The van der Waals surface area contributed by atoms with Crippen molar-refractivity contribution in [1.29, 1.82) is 5.26 Å². The number of nitrogens with zero attached hydrogens (tertiary/aromatic N) is 6. The molecule has 0 bridgehead atoms. The lowest BCUT2D eigenvalue weighted by Gasteiger charge is -2.20. The number of fused-ring (bicyclic) bond motifs is 1. The number of nitriles is 1. The van der Waals surface area contributed by atoms with Crippen LogP contribution in [0.3, 0.4) is 0 Å². The maximum absolute atomic E-state index is 13.4. The number of halogens is 2. The van der Waals surface area contributed by atoms with Gasteiger partial charge >= 0.3 is 0 Å². The molecule has 6 N–H and O–H groups in total. The van der Waals surface area contributed by atoms with Crippen molar-refractivity contribution in [3.05, 3.63) is 56.3 Å². The first-order valence-corrected chi connectivity index (χ1v) is 9.56. The normalized spacial score (nSPS) is 11.9. The van der Waals surface area contributed by atoms with Gasteiger partial charge in [0.25, 0.3) is 5.56 Å². The van der Waals surface area contributed by atoms with E-state index in [4.69, 9.17) is 34.7 Å². The predicted molar refractivity (Wildman–Crippen MR) is 117 cm³/mol. The smallest absolute Gasteiger partial charge is 0.267 e. The molecule has 0 aliphatic rings. The Bertz CT molecular complexity index is 1410. The van der Waals surface area contributed by atoms with E-state index < -0.39 is 11.6 Å². The number of aromatic amines is 1. The predicted octanol–water partition coefficient (Wildman–Crippen LogP) is 2.41. The zero-order valence-electron chi connectivity index (χ0n) is 15.9. The molecule has 3 heterocycles. The molecule has 0 unspecified atom stereocenters. The highest BCUT2D eigenvalue weighted by atomic mass is 35.5. The van der Waals surface area contributed by atoms with Gasteiger partial charge in [-0.25, -0.2) is 4.98 Å². The summed E-state index contributed by atoms with van der Waals surface area (Å²) in [6.45, 7) is 1.72. The Labute approximate surface area is 184 Å². The maximum Gasteiger partial charge on any atom is 0.267 e. The van der Waals surface area contributed by atoms with Crippen molar-refractivity contribution in [2.24, 2.45) is 0 Å². The number of anilines is 3. The van der Waals surface area contributed by atoms with E-state index >= 15 is 0 Å². The van der Waals surface area contributed by atoms with Crippen molar-refractivity contribution in [3.8, 4) is 11.8 Å². The topological polar surface area (TPSA) is 177 Å². The Kier molecular flexibility index (Phi) is 5.10. The lowest BCUT2D eigenvalue weighted by molar-refractivity contribution is 0.731. The van der Waals surface area contributed by atoms with Crippen LogP contribution in [0.5, 0.6) is 0 Å². The maximum atomic E-state index is 13.4. The van der Waals surface area contributed by atoms with Crippen LogP contribution in [-0.2, 0) is 0 Å². The molecule has 1 aromatic carbocycles. The quantitative estimate of drug-likeness (QED) is 0.358. The van der Waals surface area contributed by atoms with Crippen LogP contribution in [0.15, 0.2) is 29.3 Å². The van der Waals surface area contributed by atoms with Crippen LogP contribution in [0.1, 0.15) is 24.4 Å². The van der Waals surface area contributed by atoms with Gasteiger partial charge in [-0.15, -0.1) is 0 Å². The summed E-state index contributed by atoms with van der Waals surface area (Å²) in [6, 6.07) is 4.37. The lowest BCUT2D eigenvalue weighted by Crippen LogP contribution is -2.27. The first-order valence-electron chi connectivity index (χ1n) is 8.81. The fourth-order valence-electron chi connectivity index (χ4n) is 3.12. The highest BCUT2D eigenvalue weighted by Crippen LogP contribution is 2.29. The second-order valence-electron chi connectivity index (χ2n) is 6.49. The minimum Gasteiger partial charge on any atom is -0.382 e. The molecule has 3 aromatic heterocycles. The lowest BCUT2D eigenvalue weighted by atomic mass is 10.2. The Hall–Kier alpha value is -3.88. The van der Waals surface area contributed by atoms with Crippen molar-refractivity contribution in [1.82, 2.24) is 29.7 Å². The monoisotopic (exact) mass is 456 g/mol. The van der Waals surface area contributed by atoms with Gasteiger partial charge in [0.1, 0.15) is 23.3 Å². The van der Waals surface area contributed by atoms with Crippen LogP contribution in [0.25, 0.3) is 16.6 Å². The standard InChI is InChI=1S/C18H14Cl2N10O/c1-7(26-15-9(4-21)14(22)28-18(23)29-15)16-27-13-11(20)3-2-10(19)12(13)17(31)30(16)8-5-24-25-6-8/h2-3,5-7H,1H3,(H,24,25)(H5,22,23,26,28,29)/t7-/m0/s1. The summed E-state index contributed by atoms with van der Waals surface area (Å²) in [4.78, 5) is 25.8. The van der Waals surface area contributed by atoms with Crippen LogP contribution >= 0.6 is 23.2 Å². The van der Waals surface area contributed by atoms with E-state index in [-0.39, 0.29) is 49.9 Å². The first-order chi connectivity index (χ1) is 14.8. The minimum atomic E-state index is -0.650. The number of rotatable bonds is 4. The highest BCUT2D eigenvalue weighted by molar-refractivity contribution is 6.39. The summed E-state index contributed by atoms with van der Waals surface area (Å²) in [5.41, 5.74) is 11.7. The van der Waals surface area contributed by atoms with Crippen molar-refractivity contribution >= 4 is 51.7 Å². The van der Waals surface area contributed by atoms with Crippen LogP contribution in [0.2, 0.25) is 10.0 Å². The van der Waals surface area contributed by atoms with Gasteiger partial charge in [0.15, 0.2) is 5.82 Å². The van der Waals surface area contributed by atoms with E-state index in [9.17, 15) is 10.1 Å². The van der Waals surface area contributed by atoms with Crippen molar-refractivity contribution in [2.45, 2.75) is 13.0 Å². The Morgan fingerprint density at radius 2 is 1.97 bits per heavy atom. The molecular weight excluding hydrogens is 443 g/mol. The second-order valence-corrected chi connectivity index (χ2v) is 7.30. The van der Waals surface area contributed by atoms with E-state index in [1.54, 1.807) is 13.0 Å². The second kappa shape index (κ2) is 7.75. The van der Waals surface area contributed by atoms with E-state index in [1.165, 1.54) is 23.0 Å². The molecular formula is C18H14Cl2N10O. The van der Waals surface area contributed by atoms with Crippen molar-refractivity contribution < 1.29 is 0 Å². The molecule has 0 saturated heterocycles. The van der Waals surface area contributed by atoms with Crippen LogP contribution in [-0.4, -0.2) is 29.7 Å². The summed E-state index contributed by atoms with van der Waals surface area (Å²) in [5, 5.41) is 19.7. The molecule has 0 amide bonds. The molecule has 13 heteroatoms. The van der Waals surface area contributed by atoms with Crippen molar-refractivity contribution in [2.75, 3.05) is 16.8 Å². The van der Waals surface area contributed by atoms with Crippen LogP contribution < -0.4 is 22.3 Å². The van der Waals surface area contributed by atoms with Crippen LogP contribution in [0, 0.1) is 11.3 Å². The van der Waals surface area contributed by atoms with Gasteiger partial charge < -0.3 is 16.8 Å². The van der Waals surface area contributed by atoms with Gasteiger partial charge in [0.05, 0.1) is 38.9 Å². The molecule has 0 spiro atoms. The van der Waals surface area contributed by atoms with Crippen LogP contribution in [0.4, 0.5) is 17.6 Å². The Balaban J connectivity index is 1.96. The van der Waals surface area contributed by atoms with Gasteiger partial charge in [-0.1, -0.05) is 23.2 Å². The van der Waals surface area contributed by atoms with E-state index in [0.29, 0.717) is 5.69 Å². The molecule has 0 aliphatic carbocycles. The highest BCUT2D eigenvalue weighted by Gasteiger charge is 2.23. The molecule has 11 nitrogen and oxygen atoms in total. The molecule has 1 atom stereocenters. The molecule has 31 heavy (non-hydrogen) atoms. The van der Waals surface area contributed by atoms with Gasteiger partial charge in [-0.05, 0) is 19.1 Å². The fraction of sp³-hybridized carbons (Fsp3) is 0.111. The van der Waals surface area contributed by atoms with E-state index in [0.717, 1.165) is 0 Å². The van der Waals surface area contributed by atoms with Gasteiger partial charge in [-0.3, -0.25) is 14.5 Å². The third-order valence-electron chi connectivity index (χ3n) is 4.50. The van der Waals surface area contributed by atoms with Gasteiger partial charge in [0, 0.05) is 6.20 Å². The molecule has 0 radical (unpaired) electrons. The van der Waals surface area contributed by atoms with E-state index in [1.807, 2.05) is 6.07 Å². The Morgan fingerprint density at radius 1 is 1.23 bits per heavy atom. The average Bonchev–Trinajstić information content (AvgIpc) is 3.24. The first kappa shape index (κ1) is 20.4. The molecule has 0 aliphatic heterocycles. The van der Waals surface area contributed by atoms with Crippen molar-refractivity contribution in [3.63, 3.8) is 0 Å². The van der Waals surface area contributed by atoms with Gasteiger partial charge in [0.2, 0.25) is 5.95 Å². The Morgan fingerprint density at radius 3 is 2.65 bits per heavy atom. The number of nitrogens with one attached hydrogen (secondary N) is 2. The summed E-state index contributed by atoms with van der Waals surface area (Å²) >= 11 is 12.6. The van der Waals surface area contributed by atoms with E-state index in [2.05, 4.69) is 30.5 Å². The van der Waals surface area contributed by atoms with Gasteiger partial charge in [-0.2, -0.15) is 20.3 Å². The number of nitrogen functional groups attached to an aromatic ring is 2. The third-order valence-corrected chi connectivity index (χ3v) is 5.12. The molecule has 0 saturated carbocycles. The fourth-order valence-corrected chi connectivity index (χ4v) is 3.55. The number of hydrogen-bond acceptors (Lipinski definition) is 9. The third kappa shape index (κ3) is 3.48. The number of benzene rings is 1. The summed E-state index contributed by atoms with van der Waals surface area (Å²) < 4.78 is 1.34. The summed E-state index contributed by atoms with van der Waals surface area (Å²) in [7, 11) is 0. The number of H-pyrrole nitrogens is 1. The number of hydrogen-bond donors (Lipinski definition) is 4. The molecule has 156 valence electrons. The number of aromatic nitrogens is 6.